The molecule has 5 heteroatoms. The third kappa shape index (κ3) is 19.2. The lowest BCUT2D eigenvalue weighted by molar-refractivity contribution is -0.145. The van der Waals surface area contributed by atoms with Crippen molar-refractivity contribution in [2.45, 2.75) is 162 Å². The summed E-state index contributed by atoms with van der Waals surface area (Å²) in [4.78, 5) is 13.5. The standard InChI is InChI=1S/C67H84O5/c1-5-7-9-11-13-15-17-19-21-29-45-69-61-39-31-37-58(48-61)64-43-41-56(54-33-25-23-26-34-54)47-60(64)50-63(72-67(68)53(3)4)52-71-66-51-57(55-35-27-24-28-36-55)42-44-65(66)59-38-32-40-62(49-59)70-46-30-22-20-18-16-14-12-10-8-6-2/h23-28,31-44,47-49,51,63H,3,5-22,29-30,45-46,50,52H2,1-2,4H3. The SMILES string of the molecule is C=C(C)C(=O)OC(COc1cc(-c2ccccc2)ccc1-c1cccc(OCCCCCCCCCCCC)c1)Cc1cc(-c2ccccc2)ccc1-c1cccc(OCCCCCCCCCCCC)c1. The van der Waals surface area contributed by atoms with Gasteiger partial charge in [-0.3, -0.25) is 0 Å². The Labute approximate surface area is 434 Å². The number of carbonyl (C=O) groups excluding carboxylic acids is 1. The van der Waals surface area contributed by atoms with Gasteiger partial charge in [0.05, 0.1) is 13.2 Å². The minimum Gasteiger partial charge on any atom is -0.494 e. The van der Waals surface area contributed by atoms with Crippen LogP contribution in [-0.4, -0.2) is 31.9 Å². The predicted octanol–water partition coefficient (Wildman–Crippen LogP) is 19.1. The van der Waals surface area contributed by atoms with Crippen molar-refractivity contribution in [2.24, 2.45) is 0 Å². The van der Waals surface area contributed by atoms with E-state index in [1.54, 1.807) is 6.92 Å². The molecule has 1 unspecified atom stereocenters. The quantitative estimate of drug-likeness (QED) is 0.0226. The van der Waals surface area contributed by atoms with Crippen molar-refractivity contribution < 1.29 is 23.7 Å². The van der Waals surface area contributed by atoms with Gasteiger partial charge < -0.3 is 18.9 Å². The Morgan fingerprint density at radius 1 is 0.431 bits per heavy atom. The van der Waals surface area contributed by atoms with Crippen LogP contribution < -0.4 is 14.2 Å². The number of ether oxygens (including phenoxy) is 4. The summed E-state index contributed by atoms with van der Waals surface area (Å²) in [6, 6.07) is 50.4. The van der Waals surface area contributed by atoms with E-state index < -0.39 is 12.1 Å². The first-order valence-corrected chi connectivity index (χ1v) is 27.8. The maximum Gasteiger partial charge on any atom is 0.333 e. The van der Waals surface area contributed by atoms with Gasteiger partial charge in [-0.15, -0.1) is 0 Å². The lowest BCUT2D eigenvalue weighted by Crippen LogP contribution is -2.28. The lowest BCUT2D eigenvalue weighted by atomic mass is 9.92. The first kappa shape index (κ1) is 55.2. The second kappa shape index (κ2) is 32.1. The Hall–Kier alpha value is -6.07. The van der Waals surface area contributed by atoms with Crippen LogP contribution in [0.5, 0.6) is 17.2 Å². The number of benzene rings is 6. The highest BCUT2D eigenvalue weighted by Crippen LogP contribution is 2.37. The first-order chi connectivity index (χ1) is 35.4. The average Bonchev–Trinajstić information content (AvgIpc) is 3.41. The van der Waals surface area contributed by atoms with Gasteiger partial charge in [0.1, 0.15) is 30.0 Å². The van der Waals surface area contributed by atoms with Gasteiger partial charge in [-0.2, -0.15) is 0 Å². The lowest BCUT2D eigenvalue weighted by Gasteiger charge is -2.22. The first-order valence-electron chi connectivity index (χ1n) is 27.8. The Morgan fingerprint density at radius 2 is 0.861 bits per heavy atom. The van der Waals surface area contributed by atoms with Crippen LogP contribution in [0.2, 0.25) is 0 Å². The van der Waals surface area contributed by atoms with Crippen molar-refractivity contribution in [3.63, 3.8) is 0 Å². The number of esters is 1. The molecule has 0 heterocycles. The van der Waals surface area contributed by atoms with Crippen LogP contribution in [0, 0.1) is 0 Å². The van der Waals surface area contributed by atoms with E-state index in [0.29, 0.717) is 31.0 Å². The fourth-order valence-electron chi connectivity index (χ4n) is 9.43. The molecule has 6 aromatic rings. The van der Waals surface area contributed by atoms with Gasteiger partial charge in [0, 0.05) is 17.6 Å². The molecule has 0 aliphatic heterocycles. The molecule has 0 fully saturated rings. The summed E-state index contributed by atoms with van der Waals surface area (Å²) in [6.07, 6.45) is 25.5. The molecule has 0 bridgehead atoms. The molecule has 72 heavy (non-hydrogen) atoms. The molecule has 0 N–H and O–H groups in total. The van der Waals surface area contributed by atoms with Crippen molar-refractivity contribution in [2.75, 3.05) is 19.8 Å². The molecule has 0 saturated carbocycles. The summed E-state index contributed by atoms with van der Waals surface area (Å²) >= 11 is 0. The molecule has 0 amide bonds. The van der Waals surface area contributed by atoms with Gasteiger partial charge in [-0.25, -0.2) is 4.79 Å². The Bertz CT molecular complexity index is 2470. The van der Waals surface area contributed by atoms with Gasteiger partial charge >= 0.3 is 5.97 Å². The van der Waals surface area contributed by atoms with Crippen LogP contribution in [0.4, 0.5) is 0 Å². The minimum absolute atomic E-state index is 0.121. The van der Waals surface area contributed by atoms with Crippen LogP contribution >= 0.6 is 0 Å². The van der Waals surface area contributed by atoms with Crippen LogP contribution in [0.15, 0.2) is 158 Å². The Balaban J connectivity index is 1.19. The molecule has 0 aliphatic carbocycles. The van der Waals surface area contributed by atoms with Gasteiger partial charge in [0.15, 0.2) is 0 Å². The van der Waals surface area contributed by atoms with E-state index in [-0.39, 0.29) is 6.61 Å². The van der Waals surface area contributed by atoms with E-state index in [0.717, 1.165) is 74.4 Å². The summed E-state index contributed by atoms with van der Waals surface area (Å²) in [5, 5.41) is 0. The van der Waals surface area contributed by atoms with Gasteiger partial charge in [-0.1, -0.05) is 251 Å². The second-order valence-corrected chi connectivity index (χ2v) is 19.8. The van der Waals surface area contributed by atoms with E-state index in [1.165, 1.54) is 116 Å². The normalized spacial score (nSPS) is 11.5. The molecule has 0 aliphatic rings. The topological polar surface area (TPSA) is 54.0 Å². The van der Waals surface area contributed by atoms with Crippen LogP contribution in [0.1, 0.15) is 155 Å². The predicted molar refractivity (Wildman–Crippen MR) is 303 cm³/mol. The maximum atomic E-state index is 13.5. The molecule has 0 spiro atoms. The zero-order valence-electron chi connectivity index (χ0n) is 44.2. The average molecular weight is 969 g/mol. The molecule has 6 rings (SSSR count). The summed E-state index contributed by atoms with van der Waals surface area (Å²) in [7, 11) is 0. The summed E-state index contributed by atoms with van der Waals surface area (Å²) in [5.41, 5.74) is 9.73. The summed E-state index contributed by atoms with van der Waals surface area (Å²) in [5.74, 6) is 1.95. The molecule has 5 nitrogen and oxygen atoms in total. The molecule has 0 saturated heterocycles. The van der Waals surface area contributed by atoms with E-state index >= 15 is 0 Å². The van der Waals surface area contributed by atoms with E-state index in [9.17, 15) is 4.79 Å². The zero-order valence-corrected chi connectivity index (χ0v) is 44.2. The van der Waals surface area contributed by atoms with Crippen LogP contribution in [0.3, 0.4) is 0 Å². The third-order valence-corrected chi connectivity index (χ3v) is 13.6. The maximum absolute atomic E-state index is 13.5. The summed E-state index contributed by atoms with van der Waals surface area (Å²) in [6.45, 7) is 11.7. The molecule has 0 radical (unpaired) electrons. The highest BCUT2D eigenvalue weighted by molar-refractivity contribution is 5.87. The van der Waals surface area contributed by atoms with E-state index in [1.807, 2.05) is 36.4 Å². The third-order valence-electron chi connectivity index (χ3n) is 13.6. The molecule has 6 aromatic carbocycles. The number of unbranched alkanes of at least 4 members (excludes halogenated alkanes) is 18. The number of carbonyl (C=O) groups is 1. The van der Waals surface area contributed by atoms with Gasteiger partial charge in [-0.05, 0) is 94.6 Å². The fourth-order valence-corrected chi connectivity index (χ4v) is 9.43. The van der Waals surface area contributed by atoms with Crippen molar-refractivity contribution in [1.29, 1.82) is 0 Å². The highest BCUT2D eigenvalue weighted by Gasteiger charge is 2.22. The Kier molecular flexibility index (Phi) is 24.6. The largest absolute Gasteiger partial charge is 0.494 e. The molecular formula is C67H84O5. The second-order valence-electron chi connectivity index (χ2n) is 19.8. The van der Waals surface area contributed by atoms with Crippen LogP contribution in [0.25, 0.3) is 44.5 Å². The van der Waals surface area contributed by atoms with Crippen molar-refractivity contribution >= 4 is 5.97 Å². The van der Waals surface area contributed by atoms with E-state index in [2.05, 4.69) is 130 Å². The zero-order chi connectivity index (χ0) is 50.4. The fraction of sp³-hybridized carbons (Fsp3) is 0.418. The molecular weight excluding hydrogens is 885 g/mol. The smallest absolute Gasteiger partial charge is 0.333 e. The molecule has 382 valence electrons. The highest BCUT2D eigenvalue weighted by atomic mass is 16.6. The molecule has 1 atom stereocenters. The summed E-state index contributed by atoms with van der Waals surface area (Å²) < 4.78 is 25.9. The van der Waals surface area contributed by atoms with Gasteiger partial charge in [0.25, 0.3) is 0 Å². The van der Waals surface area contributed by atoms with Crippen LogP contribution in [-0.2, 0) is 16.0 Å². The minimum atomic E-state index is -0.640. The number of rotatable bonds is 35. The van der Waals surface area contributed by atoms with E-state index in [4.69, 9.17) is 18.9 Å². The van der Waals surface area contributed by atoms with Gasteiger partial charge in [0.2, 0.25) is 0 Å². The Morgan fingerprint density at radius 3 is 1.35 bits per heavy atom. The molecule has 0 aromatic heterocycles. The van der Waals surface area contributed by atoms with Crippen molar-refractivity contribution in [3.8, 4) is 61.8 Å². The van der Waals surface area contributed by atoms with Crippen molar-refractivity contribution in [1.82, 2.24) is 0 Å². The number of hydrogen-bond donors (Lipinski definition) is 0. The van der Waals surface area contributed by atoms with Crippen molar-refractivity contribution in [3.05, 3.63) is 163 Å². The monoisotopic (exact) mass is 969 g/mol. The number of hydrogen-bond acceptors (Lipinski definition) is 5.